The molecule has 5 rings (SSSR count). The topological polar surface area (TPSA) is 32.3 Å². The average molecular weight is 479 g/mol. The van der Waals surface area contributed by atoms with E-state index in [-0.39, 0.29) is 5.91 Å². The van der Waals surface area contributed by atoms with Crippen LogP contribution in [0.25, 0.3) is 16.7 Å². The number of aryl methyl sites for hydroxylation is 1. The van der Waals surface area contributed by atoms with Crippen LogP contribution in [0.2, 0.25) is 5.02 Å². The molecule has 0 aliphatic carbocycles. The van der Waals surface area contributed by atoms with Gasteiger partial charge >= 0.3 is 0 Å². The summed E-state index contributed by atoms with van der Waals surface area (Å²) >= 11 is 6.59. The van der Waals surface area contributed by atoms with Gasteiger partial charge < -0.3 is 10.2 Å². The molecule has 0 saturated carbocycles. The van der Waals surface area contributed by atoms with E-state index < -0.39 is 11.6 Å². The Labute approximate surface area is 203 Å². The molecule has 2 aliphatic heterocycles. The highest BCUT2D eigenvalue weighted by molar-refractivity contribution is 6.36. The second kappa shape index (κ2) is 9.32. The van der Waals surface area contributed by atoms with Crippen molar-refractivity contribution in [3.63, 3.8) is 0 Å². The lowest BCUT2D eigenvalue weighted by Crippen LogP contribution is -2.13. The number of likely N-dealkylation sites (N-methyl/N-ethyl adjacent to an activating group) is 1. The van der Waals surface area contributed by atoms with Crippen molar-refractivity contribution < 1.29 is 13.6 Å². The molecule has 1 atom stereocenters. The Balaban J connectivity index is 1.39. The van der Waals surface area contributed by atoms with Crippen LogP contribution in [0, 0.1) is 11.6 Å². The summed E-state index contributed by atoms with van der Waals surface area (Å²) in [5, 5.41) is 3.44. The van der Waals surface area contributed by atoms with E-state index >= 15 is 0 Å². The summed E-state index contributed by atoms with van der Waals surface area (Å²) in [5.41, 5.74) is 5.76. The average Bonchev–Trinajstić information content (AvgIpc) is 3.35. The Morgan fingerprint density at radius 1 is 1.06 bits per heavy atom. The number of allylic oxidation sites excluding steroid dienone is 1. The van der Waals surface area contributed by atoms with Crippen molar-refractivity contribution in [3.8, 4) is 11.1 Å². The van der Waals surface area contributed by atoms with Gasteiger partial charge in [0.25, 0.3) is 5.91 Å². The van der Waals surface area contributed by atoms with E-state index in [2.05, 4.69) is 41.5 Å². The van der Waals surface area contributed by atoms with Gasteiger partial charge in [0, 0.05) is 29.3 Å². The zero-order chi connectivity index (χ0) is 23.8. The number of rotatable bonds is 5. The molecular formula is C28H25ClF2N2O. The summed E-state index contributed by atoms with van der Waals surface area (Å²) < 4.78 is 26.9. The molecule has 0 bridgehead atoms. The van der Waals surface area contributed by atoms with Crippen LogP contribution in [-0.2, 0) is 11.2 Å². The lowest BCUT2D eigenvalue weighted by atomic mass is 9.94. The number of amides is 1. The molecule has 6 heteroatoms. The number of anilines is 1. The Kier molecular flexibility index (Phi) is 6.24. The van der Waals surface area contributed by atoms with Crippen molar-refractivity contribution >= 4 is 28.8 Å². The maximum atomic E-state index is 13.5. The molecule has 3 nitrogen and oxygen atoms in total. The molecule has 1 amide bonds. The summed E-state index contributed by atoms with van der Waals surface area (Å²) in [5.74, 6) is -0.847. The van der Waals surface area contributed by atoms with Crippen LogP contribution in [-0.4, -0.2) is 30.9 Å². The van der Waals surface area contributed by atoms with Gasteiger partial charge in [0.15, 0.2) is 0 Å². The zero-order valence-corrected chi connectivity index (χ0v) is 19.6. The molecule has 2 heterocycles. The minimum atomic E-state index is -0.600. The van der Waals surface area contributed by atoms with Gasteiger partial charge in [0.1, 0.15) is 11.6 Å². The number of halogens is 3. The predicted molar refractivity (Wildman–Crippen MR) is 133 cm³/mol. The second-order valence-corrected chi connectivity index (χ2v) is 9.54. The van der Waals surface area contributed by atoms with Crippen molar-refractivity contribution in [2.75, 3.05) is 25.5 Å². The highest BCUT2D eigenvalue weighted by atomic mass is 35.5. The highest BCUT2D eigenvalue weighted by Crippen LogP contribution is 2.40. The van der Waals surface area contributed by atoms with Gasteiger partial charge in [-0.1, -0.05) is 41.9 Å². The highest BCUT2D eigenvalue weighted by Gasteiger charge is 2.26. The molecule has 3 aromatic rings. The second-order valence-electron chi connectivity index (χ2n) is 9.14. The summed E-state index contributed by atoms with van der Waals surface area (Å²) in [6.07, 6.45) is 3.90. The van der Waals surface area contributed by atoms with Crippen molar-refractivity contribution in [2.24, 2.45) is 0 Å². The fourth-order valence-electron chi connectivity index (χ4n) is 4.92. The monoisotopic (exact) mass is 478 g/mol. The largest absolute Gasteiger partial charge is 0.321 e. The molecule has 1 saturated heterocycles. The molecule has 34 heavy (non-hydrogen) atoms. The molecule has 3 aromatic carbocycles. The van der Waals surface area contributed by atoms with Gasteiger partial charge in [-0.2, -0.15) is 0 Å². The maximum absolute atomic E-state index is 13.5. The molecule has 1 unspecified atom stereocenters. The zero-order valence-electron chi connectivity index (χ0n) is 18.9. The standard InChI is InChI=1S/C28H25ClF2N2O/c1-33-10-9-20(16-33)18-5-7-19(8-6-18)24-14-25-23(28(34)32-27(25)15-26(24)29)4-2-3-17-11-21(30)13-22(31)12-17/h4-8,11-15,20H,2-3,9-10,16H2,1H3,(H,32,34)/b23-4+. The maximum Gasteiger partial charge on any atom is 0.256 e. The van der Waals surface area contributed by atoms with Gasteiger partial charge in [-0.3, -0.25) is 4.79 Å². The fourth-order valence-corrected chi connectivity index (χ4v) is 5.19. The summed E-state index contributed by atoms with van der Waals surface area (Å²) in [7, 11) is 2.15. The van der Waals surface area contributed by atoms with Gasteiger partial charge in [0.2, 0.25) is 0 Å². The van der Waals surface area contributed by atoms with E-state index in [1.54, 1.807) is 6.07 Å². The van der Waals surface area contributed by atoms with E-state index in [1.165, 1.54) is 24.1 Å². The number of carbonyl (C=O) groups is 1. The Morgan fingerprint density at radius 2 is 1.79 bits per heavy atom. The number of fused-ring (bicyclic) bond motifs is 1. The van der Waals surface area contributed by atoms with E-state index in [9.17, 15) is 13.6 Å². The third-order valence-corrected chi connectivity index (χ3v) is 6.99. The number of hydrogen-bond acceptors (Lipinski definition) is 2. The lowest BCUT2D eigenvalue weighted by molar-refractivity contribution is -0.110. The third kappa shape index (κ3) is 4.63. The van der Waals surface area contributed by atoms with Crippen LogP contribution in [0.4, 0.5) is 14.5 Å². The first-order valence-electron chi connectivity index (χ1n) is 11.5. The van der Waals surface area contributed by atoms with Crippen LogP contribution in [0.1, 0.15) is 35.4 Å². The van der Waals surface area contributed by atoms with E-state index in [0.717, 1.165) is 35.8 Å². The predicted octanol–water partition coefficient (Wildman–Crippen LogP) is 6.67. The molecule has 174 valence electrons. The number of nitrogens with zero attached hydrogens (tertiary/aromatic N) is 1. The minimum Gasteiger partial charge on any atom is -0.321 e. The fraction of sp³-hybridized carbons (Fsp3) is 0.250. The normalized spacial score (nSPS) is 19.0. The first-order chi connectivity index (χ1) is 16.4. The lowest BCUT2D eigenvalue weighted by Gasteiger charge is -2.13. The van der Waals surface area contributed by atoms with Crippen LogP contribution in [0.5, 0.6) is 0 Å². The molecule has 1 fully saturated rings. The van der Waals surface area contributed by atoms with Gasteiger partial charge in [-0.15, -0.1) is 0 Å². The van der Waals surface area contributed by atoms with Crippen LogP contribution >= 0.6 is 11.6 Å². The number of benzene rings is 3. The molecule has 1 N–H and O–H groups in total. The van der Waals surface area contributed by atoms with E-state index in [1.807, 2.05) is 12.1 Å². The molecule has 0 aromatic heterocycles. The van der Waals surface area contributed by atoms with Crippen LogP contribution < -0.4 is 5.32 Å². The smallest absolute Gasteiger partial charge is 0.256 e. The SMILES string of the molecule is CN1CCC(c2ccc(-c3cc4c(cc3Cl)NC(=O)/C4=C/CCc3cc(F)cc(F)c3)cc2)C1. The Bertz CT molecular complexity index is 1270. The molecule has 2 aliphatic rings. The summed E-state index contributed by atoms with van der Waals surface area (Å²) in [6, 6.07) is 15.7. The quantitative estimate of drug-likeness (QED) is 0.415. The van der Waals surface area contributed by atoms with Crippen LogP contribution in [0.15, 0.2) is 60.7 Å². The Morgan fingerprint density at radius 3 is 2.47 bits per heavy atom. The van der Waals surface area contributed by atoms with Crippen molar-refractivity contribution in [2.45, 2.75) is 25.2 Å². The summed E-state index contributed by atoms with van der Waals surface area (Å²) in [6.45, 7) is 2.19. The molecule has 0 spiro atoms. The number of hydrogen-bond donors (Lipinski definition) is 1. The number of carbonyl (C=O) groups excluding carboxylic acids is 1. The first-order valence-corrected chi connectivity index (χ1v) is 11.8. The number of likely N-dealkylation sites (tertiary alicyclic amines) is 1. The van der Waals surface area contributed by atoms with Crippen molar-refractivity contribution in [3.05, 3.63) is 94.0 Å². The van der Waals surface area contributed by atoms with Crippen LogP contribution in [0.3, 0.4) is 0 Å². The molecular weight excluding hydrogens is 454 g/mol. The summed E-state index contributed by atoms with van der Waals surface area (Å²) in [4.78, 5) is 15.0. The first kappa shape index (κ1) is 22.8. The van der Waals surface area contributed by atoms with Crippen molar-refractivity contribution in [1.82, 2.24) is 4.90 Å². The van der Waals surface area contributed by atoms with E-state index in [4.69, 9.17) is 11.6 Å². The Hall–Kier alpha value is -3.02. The molecule has 0 radical (unpaired) electrons. The van der Waals surface area contributed by atoms with Gasteiger partial charge in [-0.05, 0) is 79.7 Å². The van der Waals surface area contributed by atoms with Gasteiger partial charge in [-0.25, -0.2) is 8.78 Å². The van der Waals surface area contributed by atoms with Gasteiger partial charge in [0.05, 0.1) is 10.7 Å². The number of nitrogens with one attached hydrogen (secondary N) is 1. The third-order valence-electron chi connectivity index (χ3n) is 6.68. The van der Waals surface area contributed by atoms with E-state index in [0.29, 0.717) is 40.6 Å². The minimum absolute atomic E-state index is 0.200. The van der Waals surface area contributed by atoms with Crippen molar-refractivity contribution in [1.29, 1.82) is 0 Å².